The minimum Gasteiger partial charge on any atom is -0.504 e. The van der Waals surface area contributed by atoms with E-state index in [1.807, 2.05) is 32.0 Å². The average Bonchev–Trinajstić information content (AvgIpc) is 2.87. The highest BCUT2D eigenvalue weighted by atomic mass is 16.6. The molecular weight excluding hydrogens is 476 g/mol. The molecule has 4 rings (SSSR count). The van der Waals surface area contributed by atoms with Crippen LogP contribution in [0.25, 0.3) is 0 Å². The molecule has 1 aromatic heterocycles. The summed E-state index contributed by atoms with van der Waals surface area (Å²) in [6.45, 7) is 4.03. The number of ether oxygens (including phenoxy) is 1. The number of nitro groups is 1. The highest BCUT2D eigenvalue weighted by molar-refractivity contribution is 5.85. The van der Waals surface area contributed by atoms with Crippen molar-refractivity contribution in [2.75, 3.05) is 23.2 Å². The Hall–Kier alpha value is -5.26. The van der Waals surface area contributed by atoms with Gasteiger partial charge in [0.25, 0.3) is 5.69 Å². The van der Waals surface area contributed by atoms with E-state index in [0.29, 0.717) is 17.0 Å². The number of para-hydroxylation sites is 1. The molecule has 0 spiro atoms. The minimum atomic E-state index is -0.474. The maximum absolute atomic E-state index is 10.9. The molecule has 4 N–H and O–H groups in total. The third-order valence-corrected chi connectivity index (χ3v) is 5.35. The number of hydrogen-bond acceptors (Lipinski definition) is 11. The Kier molecular flexibility index (Phi) is 7.38. The van der Waals surface area contributed by atoms with E-state index in [4.69, 9.17) is 4.74 Å². The van der Waals surface area contributed by atoms with Crippen LogP contribution in [0.4, 0.5) is 34.9 Å². The third kappa shape index (κ3) is 6.25. The van der Waals surface area contributed by atoms with Crippen molar-refractivity contribution in [3.8, 4) is 11.5 Å². The summed E-state index contributed by atoms with van der Waals surface area (Å²) in [4.78, 5) is 23.6. The number of phenolic OH excluding ortho intramolecular Hbond substituents is 1. The molecule has 12 nitrogen and oxygen atoms in total. The first-order chi connectivity index (χ1) is 17.8. The molecule has 4 aromatic rings. The molecule has 0 aliphatic carbocycles. The normalized spacial score (nSPS) is 10.8. The van der Waals surface area contributed by atoms with Gasteiger partial charge in [-0.2, -0.15) is 20.1 Å². The number of hydrogen-bond donors (Lipinski definition) is 4. The standard InChI is InChI=1S/C25H24N8O4/c1-15-7-8-19(13-16(15)2)28-24-29-23(27-18-9-11-20(12-10-18)33(35)36)30-25(31-24)32-26-14-17-5-4-6-21(37-3)22(17)34/h4-14,34H,1-3H3,(H3,27,28,29,30,31,32)/b26-14+. The predicted molar refractivity (Wildman–Crippen MR) is 141 cm³/mol. The minimum absolute atomic E-state index is 0.0317. The smallest absolute Gasteiger partial charge is 0.269 e. The molecular formula is C25H24N8O4. The summed E-state index contributed by atoms with van der Waals surface area (Å²) in [5, 5.41) is 31.5. The lowest BCUT2D eigenvalue weighted by Crippen LogP contribution is -2.07. The molecule has 0 radical (unpaired) electrons. The van der Waals surface area contributed by atoms with Gasteiger partial charge < -0.3 is 20.5 Å². The second kappa shape index (κ2) is 11.0. The number of benzene rings is 3. The van der Waals surface area contributed by atoms with Gasteiger partial charge in [0.1, 0.15) is 0 Å². The number of phenols is 1. The van der Waals surface area contributed by atoms with Crippen LogP contribution in [-0.2, 0) is 0 Å². The molecule has 3 aromatic carbocycles. The highest BCUT2D eigenvalue weighted by Crippen LogP contribution is 2.28. The van der Waals surface area contributed by atoms with Crippen molar-refractivity contribution in [2.24, 2.45) is 5.10 Å². The van der Waals surface area contributed by atoms with E-state index in [9.17, 15) is 15.2 Å². The first kappa shape index (κ1) is 24.9. The second-order valence-corrected chi connectivity index (χ2v) is 7.93. The highest BCUT2D eigenvalue weighted by Gasteiger charge is 2.10. The Morgan fingerprint density at radius 2 is 1.57 bits per heavy atom. The van der Waals surface area contributed by atoms with E-state index < -0.39 is 4.92 Å². The number of rotatable bonds is 9. The zero-order chi connectivity index (χ0) is 26.4. The van der Waals surface area contributed by atoms with Crippen LogP contribution in [0.5, 0.6) is 11.5 Å². The average molecular weight is 501 g/mol. The molecule has 0 atom stereocenters. The second-order valence-electron chi connectivity index (χ2n) is 7.93. The Labute approximate surface area is 212 Å². The number of nitro benzene ring substituents is 1. The summed E-state index contributed by atoms with van der Waals surface area (Å²) >= 11 is 0. The van der Waals surface area contributed by atoms with Crippen LogP contribution in [0, 0.1) is 24.0 Å². The van der Waals surface area contributed by atoms with Gasteiger partial charge in [0.05, 0.1) is 18.2 Å². The maximum Gasteiger partial charge on any atom is 0.269 e. The lowest BCUT2D eigenvalue weighted by molar-refractivity contribution is -0.384. The molecule has 0 unspecified atom stereocenters. The zero-order valence-corrected chi connectivity index (χ0v) is 20.3. The van der Waals surface area contributed by atoms with Gasteiger partial charge in [0.15, 0.2) is 11.5 Å². The van der Waals surface area contributed by atoms with E-state index >= 15 is 0 Å². The summed E-state index contributed by atoms with van der Waals surface area (Å²) in [6, 6.07) is 16.7. The summed E-state index contributed by atoms with van der Waals surface area (Å²) in [5.74, 6) is 0.800. The molecule has 12 heteroatoms. The van der Waals surface area contributed by atoms with Crippen LogP contribution in [0.3, 0.4) is 0 Å². The number of nitrogens with one attached hydrogen (secondary N) is 3. The zero-order valence-electron chi connectivity index (χ0n) is 20.3. The lowest BCUT2D eigenvalue weighted by Gasteiger charge is -2.11. The molecule has 0 amide bonds. The number of nitrogens with zero attached hydrogens (tertiary/aromatic N) is 5. The molecule has 0 bridgehead atoms. The Morgan fingerprint density at radius 1 is 0.919 bits per heavy atom. The molecule has 0 saturated heterocycles. The quantitative estimate of drug-likeness (QED) is 0.139. The number of aryl methyl sites for hydroxylation is 2. The maximum atomic E-state index is 10.9. The van der Waals surface area contributed by atoms with Gasteiger partial charge in [-0.15, -0.1) is 0 Å². The Bertz CT molecular complexity index is 1460. The summed E-state index contributed by atoms with van der Waals surface area (Å²) < 4.78 is 5.11. The molecule has 0 aliphatic rings. The predicted octanol–water partition coefficient (Wildman–Crippen LogP) is 5.04. The van der Waals surface area contributed by atoms with Gasteiger partial charge >= 0.3 is 0 Å². The third-order valence-electron chi connectivity index (χ3n) is 5.35. The van der Waals surface area contributed by atoms with Crippen molar-refractivity contribution >= 4 is 41.1 Å². The van der Waals surface area contributed by atoms with Crippen molar-refractivity contribution in [1.29, 1.82) is 0 Å². The van der Waals surface area contributed by atoms with Gasteiger partial charge in [0, 0.05) is 29.1 Å². The first-order valence-corrected chi connectivity index (χ1v) is 11.1. The summed E-state index contributed by atoms with van der Waals surface area (Å²) in [5.41, 5.74) is 6.72. The lowest BCUT2D eigenvalue weighted by atomic mass is 10.1. The van der Waals surface area contributed by atoms with Crippen molar-refractivity contribution < 1.29 is 14.8 Å². The van der Waals surface area contributed by atoms with Crippen LogP contribution >= 0.6 is 0 Å². The Balaban J connectivity index is 1.61. The Morgan fingerprint density at radius 3 is 2.22 bits per heavy atom. The van der Waals surface area contributed by atoms with Crippen molar-refractivity contribution in [2.45, 2.75) is 13.8 Å². The fraction of sp³-hybridized carbons (Fsp3) is 0.120. The van der Waals surface area contributed by atoms with Crippen LogP contribution in [0.2, 0.25) is 0 Å². The number of aromatic nitrogens is 3. The first-order valence-electron chi connectivity index (χ1n) is 11.1. The van der Waals surface area contributed by atoms with Gasteiger partial charge in [0.2, 0.25) is 17.8 Å². The number of hydrazone groups is 1. The van der Waals surface area contributed by atoms with Crippen LogP contribution < -0.4 is 20.8 Å². The van der Waals surface area contributed by atoms with Gasteiger partial charge in [-0.1, -0.05) is 12.1 Å². The largest absolute Gasteiger partial charge is 0.504 e. The van der Waals surface area contributed by atoms with Crippen LogP contribution in [0.15, 0.2) is 65.8 Å². The van der Waals surface area contributed by atoms with Crippen molar-refractivity contribution in [3.05, 3.63) is 87.5 Å². The fourth-order valence-electron chi connectivity index (χ4n) is 3.25. The molecule has 188 valence electrons. The SMILES string of the molecule is COc1cccc(/C=N/Nc2nc(Nc3ccc([N+](=O)[O-])cc3)nc(Nc3ccc(C)c(C)c3)n2)c1O. The summed E-state index contributed by atoms with van der Waals surface area (Å²) in [7, 11) is 1.46. The topological polar surface area (TPSA) is 160 Å². The van der Waals surface area contributed by atoms with E-state index in [1.165, 1.54) is 25.5 Å². The van der Waals surface area contributed by atoms with Gasteiger partial charge in [-0.25, -0.2) is 5.43 Å². The summed E-state index contributed by atoms with van der Waals surface area (Å²) in [6.07, 6.45) is 1.40. The van der Waals surface area contributed by atoms with Gasteiger partial charge in [-0.05, 0) is 61.4 Å². The molecule has 1 heterocycles. The molecule has 0 aliphatic heterocycles. The van der Waals surface area contributed by atoms with E-state index in [-0.39, 0.29) is 29.3 Å². The van der Waals surface area contributed by atoms with E-state index in [0.717, 1.165) is 16.8 Å². The van der Waals surface area contributed by atoms with E-state index in [1.54, 1.807) is 30.3 Å². The van der Waals surface area contributed by atoms with Crippen LogP contribution in [0.1, 0.15) is 16.7 Å². The van der Waals surface area contributed by atoms with Crippen molar-refractivity contribution in [3.63, 3.8) is 0 Å². The van der Waals surface area contributed by atoms with Crippen molar-refractivity contribution in [1.82, 2.24) is 15.0 Å². The molecule has 0 fully saturated rings. The van der Waals surface area contributed by atoms with Gasteiger partial charge in [-0.3, -0.25) is 10.1 Å². The van der Waals surface area contributed by atoms with Crippen LogP contribution in [-0.4, -0.2) is 38.3 Å². The molecule has 0 saturated carbocycles. The number of non-ortho nitro benzene ring substituents is 1. The van der Waals surface area contributed by atoms with E-state index in [2.05, 4.69) is 36.1 Å². The molecule has 37 heavy (non-hydrogen) atoms. The number of aromatic hydroxyl groups is 1. The number of anilines is 5. The number of methoxy groups -OCH3 is 1. The monoisotopic (exact) mass is 500 g/mol. The fourth-order valence-corrected chi connectivity index (χ4v) is 3.25.